The molecule has 0 saturated heterocycles. The zero-order valence-corrected chi connectivity index (χ0v) is 12.8. The van der Waals surface area contributed by atoms with Crippen molar-refractivity contribution in [3.8, 4) is 0 Å². The Hall–Kier alpha value is -1.61. The Bertz CT molecular complexity index is 522. The van der Waals surface area contributed by atoms with Crippen LogP contribution in [-0.4, -0.2) is 16.5 Å². The molecule has 0 N–H and O–H groups in total. The number of unbranched alkanes of at least 4 members (excludes halogenated alkanes) is 1. The second-order valence-corrected chi connectivity index (χ2v) is 5.25. The largest absolute Gasteiger partial charge is 0.364 e. The minimum absolute atomic E-state index is 0.510. The SMILES string of the molecule is CCCCN(Cc1nc(C)cc(Cl)n1)c1ccccc1. The first kappa shape index (κ1) is 14.8. The monoisotopic (exact) mass is 289 g/mol. The summed E-state index contributed by atoms with van der Waals surface area (Å²) in [6.07, 6.45) is 2.31. The molecule has 0 amide bonds. The third-order valence-electron chi connectivity index (χ3n) is 3.10. The molecule has 3 nitrogen and oxygen atoms in total. The summed E-state index contributed by atoms with van der Waals surface area (Å²) in [5, 5.41) is 0.510. The standard InChI is InChI=1S/C16H20ClN3/c1-3-4-10-20(14-8-6-5-7-9-14)12-16-18-13(2)11-15(17)19-16/h5-9,11H,3-4,10,12H2,1-2H3. The van der Waals surface area contributed by atoms with Gasteiger partial charge in [-0.25, -0.2) is 9.97 Å². The van der Waals surface area contributed by atoms with Crippen LogP contribution in [0, 0.1) is 6.92 Å². The number of benzene rings is 1. The number of aromatic nitrogens is 2. The van der Waals surface area contributed by atoms with Crippen molar-refractivity contribution in [2.24, 2.45) is 0 Å². The molecule has 0 aliphatic carbocycles. The fraction of sp³-hybridized carbons (Fsp3) is 0.375. The molecule has 0 saturated carbocycles. The molecular weight excluding hydrogens is 270 g/mol. The Morgan fingerprint density at radius 2 is 1.90 bits per heavy atom. The van der Waals surface area contributed by atoms with Crippen LogP contribution in [0.3, 0.4) is 0 Å². The van der Waals surface area contributed by atoms with Crippen LogP contribution in [0.25, 0.3) is 0 Å². The van der Waals surface area contributed by atoms with Gasteiger partial charge in [-0.3, -0.25) is 0 Å². The van der Waals surface area contributed by atoms with E-state index in [-0.39, 0.29) is 0 Å². The smallest absolute Gasteiger partial charge is 0.149 e. The van der Waals surface area contributed by atoms with E-state index in [2.05, 4.69) is 46.1 Å². The maximum atomic E-state index is 6.01. The van der Waals surface area contributed by atoms with Crippen LogP contribution < -0.4 is 4.90 Å². The van der Waals surface area contributed by atoms with Crippen molar-refractivity contribution >= 4 is 17.3 Å². The average molecular weight is 290 g/mol. The van der Waals surface area contributed by atoms with Gasteiger partial charge in [0.2, 0.25) is 0 Å². The molecular formula is C16H20ClN3. The van der Waals surface area contributed by atoms with Gasteiger partial charge in [-0.2, -0.15) is 0 Å². The molecule has 0 aliphatic rings. The van der Waals surface area contributed by atoms with Gasteiger partial charge < -0.3 is 4.90 Å². The first-order valence-corrected chi connectivity index (χ1v) is 7.37. The molecule has 0 bridgehead atoms. The van der Waals surface area contributed by atoms with Gasteiger partial charge in [0, 0.05) is 17.9 Å². The van der Waals surface area contributed by atoms with Gasteiger partial charge in [0.15, 0.2) is 0 Å². The molecule has 0 fully saturated rings. The third-order valence-corrected chi connectivity index (χ3v) is 3.30. The van der Waals surface area contributed by atoms with E-state index in [0.717, 1.165) is 24.5 Å². The van der Waals surface area contributed by atoms with Gasteiger partial charge in [-0.15, -0.1) is 0 Å². The summed E-state index contributed by atoms with van der Waals surface area (Å²) in [7, 11) is 0. The highest BCUT2D eigenvalue weighted by molar-refractivity contribution is 6.29. The van der Waals surface area contributed by atoms with E-state index in [1.54, 1.807) is 6.07 Å². The molecule has 106 valence electrons. The molecule has 2 aromatic rings. The Balaban J connectivity index is 2.19. The summed E-state index contributed by atoms with van der Waals surface area (Å²) >= 11 is 6.01. The topological polar surface area (TPSA) is 29.0 Å². The van der Waals surface area contributed by atoms with E-state index < -0.39 is 0 Å². The number of aryl methyl sites for hydroxylation is 1. The lowest BCUT2D eigenvalue weighted by molar-refractivity contribution is 0.695. The van der Waals surface area contributed by atoms with E-state index in [9.17, 15) is 0 Å². The zero-order valence-electron chi connectivity index (χ0n) is 12.0. The fourth-order valence-corrected chi connectivity index (χ4v) is 2.37. The highest BCUT2D eigenvalue weighted by atomic mass is 35.5. The molecule has 1 heterocycles. The normalized spacial score (nSPS) is 10.6. The number of hydrogen-bond donors (Lipinski definition) is 0. The lowest BCUT2D eigenvalue weighted by Crippen LogP contribution is -2.25. The van der Waals surface area contributed by atoms with E-state index in [0.29, 0.717) is 11.7 Å². The number of rotatable bonds is 6. The molecule has 2 rings (SSSR count). The molecule has 0 aliphatic heterocycles. The van der Waals surface area contributed by atoms with Crippen LogP contribution in [0.5, 0.6) is 0 Å². The molecule has 0 atom stereocenters. The first-order chi connectivity index (χ1) is 9.69. The van der Waals surface area contributed by atoms with Crippen LogP contribution in [0.1, 0.15) is 31.3 Å². The Morgan fingerprint density at radius 1 is 1.15 bits per heavy atom. The predicted octanol–water partition coefficient (Wildman–Crippen LogP) is 4.25. The molecule has 0 radical (unpaired) electrons. The molecule has 0 spiro atoms. The van der Waals surface area contributed by atoms with Crippen LogP contribution >= 0.6 is 11.6 Å². The van der Waals surface area contributed by atoms with Gasteiger partial charge in [0.25, 0.3) is 0 Å². The van der Waals surface area contributed by atoms with Crippen LogP contribution in [0.15, 0.2) is 36.4 Å². The Kier molecular flexibility index (Phi) is 5.36. The molecule has 1 aromatic heterocycles. The molecule has 4 heteroatoms. The highest BCUT2D eigenvalue weighted by Crippen LogP contribution is 2.17. The number of para-hydroxylation sites is 1. The van der Waals surface area contributed by atoms with E-state index >= 15 is 0 Å². The second-order valence-electron chi connectivity index (χ2n) is 4.86. The second kappa shape index (κ2) is 7.25. The summed E-state index contributed by atoms with van der Waals surface area (Å²) in [6, 6.07) is 12.2. The zero-order chi connectivity index (χ0) is 14.4. The third kappa shape index (κ3) is 4.20. The predicted molar refractivity (Wildman–Crippen MR) is 84.2 cm³/mol. The van der Waals surface area contributed by atoms with Crippen LogP contribution in [0.4, 0.5) is 5.69 Å². The number of anilines is 1. The van der Waals surface area contributed by atoms with Crippen molar-refractivity contribution in [3.05, 3.63) is 53.1 Å². The highest BCUT2D eigenvalue weighted by Gasteiger charge is 2.09. The summed E-state index contributed by atoms with van der Waals surface area (Å²) < 4.78 is 0. The quantitative estimate of drug-likeness (QED) is 0.745. The minimum atomic E-state index is 0.510. The Morgan fingerprint density at radius 3 is 2.55 bits per heavy atom. The van der Waals surface area contributed by atoms with Crippen molar-refractivity contribution in [3.63, 3.8) is 0 Å². The van der Waals surface area contributed by atoms with E-state index in [1.165, 1.54) is 12.1 Å². The maximum absolute atomic E-state index is 6.01. The summed E-state index contributed by atoms with van der Waals surface area (Å²) in [5.41, 5.74) is 2.10. The summed E-state index contributed by atoms with van der Waals surface area (Å²) in [5.74, 6) is 0.773. The van der Waals surface area contributed by atoms with Crippen molar-refractivity contribution in [1.29, 1.82) is 0 Å². The van der Waals surface area contributed by atoms with Gasteiger partial charge in [-0.05, 0) is 31.5 Å². The van der Waals surface area contributed by atoms with Gasteiger partial charge in [0.05, 0.1) is 6.54 Å². The lowest BCUT2D eigenvalue weighted by Gasteiger charge is -2.24. The number of hydrogen-bond acceptors (Lipinski definition) is 3. The van der Waals surface area contributed by atoms with Crippen molar-refractivity contribution in [2.45, 2.75) is 33.2 Å². The van der Waals surface area contributed by atoms with Gasteiger partial charge in [0.1, 0.15) is 11.0 Å². The number of nitrogens with zero attached hydrogens (tertiary/aromatic N) is 3. The lowest BCUT2D eigenvalue weighted by atomic mass is 10.2. The van der Waals surface area contributed by atoms with Crippen LogP contribution in [-0.2, 0) is 6.54 Å². The molecule has 0 unspecified atom stereocenters. The summed E-state index contributed by atoms with van der Waals surface area (Å²) in [6.45, 7) is 5.82. The fourth-order valence-electron chi connectivity index (χ4n) is 2.12. The van der Waals surface area contributed by atoms with E-state index in [1.807, 2.05) is 13.0 Å². The molecule has 1 aromatic carbocycles. The summed E-state index contributed by atoms with van der Waals surface area (Å²) in [4.78, 5) is 11.1. The van der Waals surface area contributed by atoms with Crippen LogP contribution in [0.2, 0.25) is 5.15 Å². The van der Waals surface area contributed by atoms with Gasteiger partial charge >= 0.3 is 0 Å². The van der Waals surface area contributed by atoms with Crippen molar-refractivity contribution < 1.29 is 0 Å². The first-order valence-electron chi connectivity index (χ1n) is 6.99. The Labute approximate surface area is 125 Å². The number of halogens is 1. The van der Waals surface area contributed by atoms with Crippen molar-refractivity contribution in [2.75, 3.05) is 11.4 Å². The maximum Gasteiger partial charge on any atom is 0.149 e. The van der Waals surface area contributed by atoms with Crippen molar-refractivity contribution in [1.82, 2.24) is 9.97 Å². The van der Waals surface area contributed by atoms with Gasteiger partial charge in [-0.1, -0.05) is 43.1 Å². The average Bonchev–Trinajstić information content (AvgIpc) is 2.43. The minimum Gasteiger partial charge on any atom is -0.364 e. The van der Waals surface area contributed by atoms with E-state index in [4.69, 9.17) is 11.6 Å². The molecule has 20 heavy (non-hydrogen) atoms.